The SMILES string of the molecule is Cc1nc(CN2C(=O)CCC2=O)sc1C(=O)O. The lowest BCUT2D eigenvalue weighted by atomic mass is 10.4. The first-order valence-electron chi connectivity index (χ1n) is 5.02. The van der Waals surface area contributed by atoms with Crippen molar-refractivity contribution in [3.8, 4) is 0 Å². The highest BCUT2D eigenvalue weighted by Crippen LogP contribution is 2.22. The summed E-state index contributed by atoms with van der Waals surface area (Å²) in [4.78, 5) is 38.9. The normalized spacial score (nSPS) is 15.7. The average molecular weight is 254 g/mol. The Morgan fingerprint density at radius 2 is 2.00 bits per heavy atom. The molecule has 0 aromatic carbocycles. The van der Waals surface area contributed by atoms with Crippen LogP contribution in [0.1, 0.15) is 33.2 Å². The molecule has 0 aliphatic carbocycles. The molecular weight excluding hydrogens is 244 g/mol. The summed E-state index contributed by atoms with van der Waals surface area (Å²) in [5.74, 6) is -1.48. The number of aryl methyl sites for hydroxylation is 1. The Hall–Kier alpha value is -1.76. The van der Waals surface area contributed by atoms with E-state index in [2.05, 4.69) is 4.98 Å². The third-order valence-electron chi connectivity index (χ3n) is 2.48. The summed E-state index contributed by atoms with van der Waals surface area (Å²) < 4.78 is 0. The van der Waals surface area contributed by atoms with Crippen LogP contribution in [0.4, 0.5) is 0 Å². The molecule has 17 heavy (non-hydrogen) atoms. The molecule has 0 bridgehead atoms. The number of carbonyl (C=O) groups is 3. The zero-order valence-corrected chi connectivity index (χ0v) is 9.91. The minimum atomic E-state index is -1.04. The summed E-state index contributed by atoms with van der Waals surface area (Å²) >= 11 is 1.00. The number of rotatable bonds is 3. The van der Waals surface area contributed by atoms with E-state index in [0.717, 1.165) is 16.2 Å². The summed E-state index contributed by atoms with van der Waals surface area (Å²) in [6.07, 6.45) is 0.462. The number of hydrogen-bond acceptors (Lipinski definition) is 5. The van der Waals surface area contributed by atoms with Crippen LogP contribution < -0.4 is 0 Å². The molecule has 90 valence electrons. The van der Waals surface area contributed by atoms with Crippen LogP contribution in [0, 0.1) is 6.92 Å². The molecule has 1 aliphatic rings. The number of thiazole rings is 1. The largest absolute Gasteiger partial charge is 0.477 e. The van der Waals surface area contributed by atoms with Gasteiger partial charge < -0.3 is 5.11 Å². The Bertz CT molecular complexity index is 492. The lowest BCUT2D eigenvalue weighted by Crippen LogP contribution is -2.28. The predicted molar refractivity (Wildman–Crippen MR) is 58.6 cm³/mol. The van der Waals surface area contributed by atoms with Crippen LogP contribution in [-0.2, 0) is 16.1 Å². The first-order chi connectivity index (χ1) is 7.99. The summed E-state index contributed by atoms with van der Waals surface area (Å²) in [6, 6.07) is 0. The number of amides is 2. The fraction of sp³-hybridized carbons (Fsp3) is 0.400. The standard InChI is InChI=1S/C10H10N2O4S/c1-5-9(10(15)16)17-6(11-5)4-12-7(13)2-3-8(12)14/h2-4H2,1H3,(H,15,16). The van der Waals surface area contributed by atoms with Crippen molar-refractivity contribution >= 4 is 29.1 Å². The number of carboxylic acids is 1. The number of likely N-dealkylation sites (tertiary alicyclic amines) is 1. The molecule has 1 aromatic rings. The van der Waals surface area contributed by atoms with Gasteiger partial charge in [0.25, 0.3) is 0 Å². The highest BCUT2D eigenvalue weighted by molar-refractivity contribution is 7.13. The third-order valence-corrected chi connectivity index (χ3v) is 3.61. The van der Waals surface area contributed by atoms with Gasteiger partial charge in [0, 0.05) is 12.8 Å². The molecule has 0 saturated carbocycles. The Labute approximate surface area is 101 Å². The molecule has 1 aliphatic heterocycles. The number of imide groups is 1. The van der Waals surface area contributed by atoms with Gasteiger partial charge >= 0.3 is 5.97 Å². The summed E-state index contributed by atoms with van der Waals surface area (Å²) in [5, 5.41) is 9.34. The molecule has 0 spiro atoms. The van der Waals surface area contributed by atoms with E-state index in [1.54, 1.807) is 6.92 Å². The van der Waals surface area contributed by atoms with Crippen LogP contribution >= 0.6 is 11.3 Å². The Kier molecular flexibility index (Phi) is 2.93. The van der Waals surface area contributed by atoms with Gasteiger partial charge in [0.05, 0.1) is 12.2 Å². The average Bonchev–Trinajstić information content (AvgIpc) is 2.76. The molecule has 0 unspecified atom stereocenters. The number of hydrogen-bond donors (Lipinski definition) is 1. The van der Waals surface area contributed by atoms with Crippen LogP contribution in [0.3, 0.4) is 0 Å². The van der Waals surface area contributed by atoms with Crippen molar-refractivity contribution in [3.63, 3.8) is 0 Å². The van der Waals surface area contributed by atoms with Gasteiger partial charge in [0.15, 0.2) is 0 Å². The molecule has 1 N–H and O–H groups in total. The maximum atomic E-state index is 11.4. The number of aromatic carboxylic acids is 1. The molecule has 1 aromatic heterocycles. The smallest absolute Gasteiger partial charge is 0.347 e. The van der Waals surface area contributed by atoms with Crippen LogP contribution in [-0.4, -0.2) is 32.8 Å². The second-order valence-corrected chi connectivity index (χ2v) is 4.78. The van der Waals surface area contributed by atoms with Crippen molar-refractivity contribution in [3.05, 3.63) is 15.6 Å². The molecule has 1 fully saturated rings. The summed E-state index contributed by atoms with van der Waals surface area (Å²) in [5.41, 5.74) is 0.414. The molecule has 2 rings (SSSR count). The molecule has 1 saturated heterocycles. The molecule has 0 radical (unpaired) electrons. The molecule has 0 atom stereocenters. The highest BCUT2D eigenvalue weighted by Gasteiger charge is 2.30. The third kappa shape index (κ3) is 2.19. The topological polar surface area (TPSA) is 87.6 Å². The summed E-state index contributed by atoms with van der Waals surface area (Å²) in [6.45, 7) is 1.67. The minimum Gasteiger partial charge on any atom is -0.477 e. The first-order valence-corrected chi connectivity index (χ1v) is 5.83. The molecule has 7 heteroatoms. The van der Waals surface area contributed by atoms with Gasteiger partial charge in [-0.1, -0.05) is 0 Å². The van der Waals surface area contributed by atoms with Crippen molar-refractivity contribution in [1.29, 1.82) is 0 Å². The first kappa shape index (κ1) is 11.7. The second-order valence-electron chi connectivity index (χ2n) is 3.70. The fourth-order valence-electron chi connectivity index (χ4n) is 1.65. The molecule has 6 nitrogen and oxygen atoms in total. The Morgan fingerprint density at radius 1 is 1.41 bits per heavy atom. The Balaban J connectivity index is 2.19. The minimum absolute atomic E-state index is 0.0798. The van der Waals surface area contributed by atoms with Crippen LogP contribution in [0.15, 0.2) is 0 Å². The van der Waals surface area contributed by atoms with E-state index in [0.29, 0.717) is 10.7 Å². The molecular formula is C10H10N2O4S. The molecule has 2 amide bonds. The van der Waals surface area contributed by atoms with Crippen LogP contribution in [0.2, 0.25) is 0 Å². The van der Waals surface area contributed by atoms with Crippen molar-refractivity contribution in [2.75, 3.05) is 0 Å². The summed E-state index contributed by atoms with van der Waals surface area (Å²) in [7, 11) is 0. The number of aromatic nitrogens is 1. The van der Waals surface area contributed by atoms with Crippen molar-refractivity contribution in [2.24, 2.45) is 0 Å². The van der Waals surface area contributed by atoms with E-state index in [4.69, 9.17) is 5.11 Å². The van der Waals surface area contributed by atoms with Crippen LogP contribution in [0.5, 0.6) is 0 Å². The fourth-order valence-corrected chi connectivity index (χ4v) is 2.55. The van der Waals surface area contributed by atoms with Crippen molar-refractivity contribution in [2.45, 2.75) is 26.3 Å². The number of carboxylic acid groups (broad SMARTS) is 1. The van der Waals surface area contributed by atoms with Gasteiger partial charge in [-0.3, -0.25) is 14.5 Å². The van der Waals surface area contributed by atoms with Gasteiger partial charge in [-0.25, -0.2) is 9.78 Å². The molecule has 2 heterocycles. The second kappa shape index (κ2) is 4.25. The predicted octanol–water partition coefficient (Wildman–Crippen LogP) is 0.799. The number of carbonyl (C=O) groups excluding carboxylic acids is 2. The zero-order chi connectivity index (χ0) is 12.6. The van der Waals surface area contributed by atoms with Crippen molar-refractivity contribution < 1.29 is 19.5 Å². The Morgan fingerprint density at radius 3 is 2.47 bits per heavy atom. The number of nitrogens with zero attached hydrogens (tertiary/aromatic N) is 2. The van der Waals surface area contributed by atoms with E-state index in [1.165, 1.54) is 0 Å². The van der Waals surface area contributed by atoms with Crippen molar-refractivity contribution in [1.82, 2.24) is 9.88 Å². The monoisotopic (exact) mass is 254 g/mol. The van der Waals surface area contributed by atoms with E-state index in [1.807, 2.05) is 0 Å². The van der Waals surface area contributed by atoms with Gasteiger partial charge in [-0.2, -0.15) is 0 Å². The lowest BCUT2D eigenvalue weighted by Gasteiger charge is -2.10. The van der Waals surface area contributed by atoms with E-state index in [9.17, 15) is 14.4 Å². The van der Waals surface area contributed by atoms with Gasteiger partial charge in [0.1, 0.15) is 9.88 Å². The highest BCUT2D eigenvalue weighted by atomic mass is 32.1. The quantitative estimate of drug-likeness (QED) is 0.806. The van der Waals surface area contributed by atoms with Crippen LogP contribution in [0.25, 0.3) is 0 Å². The van der Waals surface area contributed by atoms with Gasteiger partial charge in [-0.15, -0.1) is 11.3 Å². The van der Waals surface area contributed by atoms with Gasteiger partial charge in [-0.05, 0) is 6.92 Å². The maximum Gasteiger partial charge on any atom is 0.347 e. The lowest BCUT2D eigenvalue weighted by molar-refractivity contribution is -0.139. The van der Waals surface area contributed by atoms with Gasteiger partial charge in [0.2, 0.25) is 11.8 Å². The van der Waals surface area contributed by atoms with E-state index in [-0.39, 0.29) is 36.1 Å². The van der Waals surface area contributed by atoms with E-state index >= 15 is 0 Å². The zero-order valence-electron chi connectivity index (χ0n) is 9.10. The maximum absolute atomic E-state index is 11.4. The van der Waals surface area contributed by atoms with E-state index < -0.39 is 5.97 Å².